The van der Waals surface area contributed by atoms with Gasteiger partial charge in [-0.05, 0) is 0 Å². The van der Waals surface area contributed by atoms with Gasteiger partial charge in [0.25, 0.3) is 0 Å². The van der Waals surface area contributed by atoms with E-state index in [9.17, 15) is 4.79 Å². The van der Waals surface area contributed by atoms with Crippen LogP contribution in [-0.4, -0.2) is 28.9 Å². The molecule has 0 fully saturated rings. The maximum atomic E-state index is 10.6. The predicted molar refractivity (Wildman–Crippen MR) is 60.5 cm³/mol. The number of amides is 1. The highest BCUT2D eigenvalue weighted by Gasteiger charge is 2.12. The molecule has 16 heavy (non-hydrogen) atoms. The summed E-state index contributed by atoms with van der Waals surface area (Å²) in [4.78, 5) is 15.8. The molecule has 0 saturated heterocycles. The Bertz CT molecular complexity index is 505. The summed E-state index contributed by atoms with van der Waals surface area (Å²) in [6, 6.07) is 0. The van der Waals surface area contributed by atoms with Crippen LogP contribution in [0.4, 0.5) is 0 Å². The molecule has 7 heteroatoms. The number of hydrogen-bond acceptors (Lipinski definition) is 5. The van der Waals surface area contributed by atoms with Crippen molar-refractivity contribution >= 4 is 22.2 Å². The van der Waals surface area contributed by atoms with E-state index in [1.165, 1.54) is 11.3 Å². The lowest BCUT2D eigenvalue weighted by atomic mass is 10.4. The van der Waals surface area contributed by atoms with Crippen LogP contribution in [-0.2, 0) is 11.3 Å². The summed E-state index contributed by atoms with van der Waals surface area (Å²) in [6.07, 6.45) is 1.91. The summed E-state index contributed by atoms with van der Waals surface area (Å²) >= 11 is 1.53. The number of fused-ring (bicyclic) bond motifs is 1. The number of nitrogens with two attached hydrogens (primary N) is 1. The van der Waals surface area contributed by atoms with Gasteiger partial charge in [-0.1, -0.05) is 0 Å². The number of carbonyl (C=O) groups is 1. The Balaban J connectivity index is 2.19. The van der Waals surface area contributed by atoms with Crippen LogP contribution >= 0.6 is 11.3 Å². The van der Waals surface area contributed by atoms with Gasteiger partial charge >= 0.3 is 0 Å². The van der Waals surface area contributed by atoms with Crippen molar-refractivity contribution in [2.45, 2.75) is 6.54 Å². The van der Waals surface area contributed by atoms with E-state index in [4.69, 9.17) is 10.5 Å². The second kappa shape index (κ2) is 4.50. The fraction of sp³-hybridized carbons (Fsp3) is 0.333. The highest BCUT2D eigenvalue weighted by molar-refractivity contribution is 7.15. The summed E-state index contributed by atoms with van der Waals surface area (Å²) in [5.41, 5.74) is 5.93. The van der Waals surface area contributed by atoms with Crippen molar-refractivity contribution in [2.24, 2.45) is 5.73 Å². The topological polar surface area (TPSA) is 81.7 Å². The molecule has 0 saturated carbocycles. The molecular weight excluding hydrogens is 228 g/mol. The van der Waals surface area contributed by atoms with E-state index in [0.717, 1.165) is 10.7 Å². The van der Waals surface area contributed by atoms with Crippen LogP contribution < -0.4 is 15.8 Å². The third kappa shape index (κ3) is 2.00. The number of aromatic nitrogens is 2. The van der Waals surface area contributed by atoms with Gasteiger partial charge in [0.2, 0.25) is 11.8 Å². The summed E-state index contributed by atoms with van der Waals surface area (Å²) in [5, 5.41) is 4.88. The maximum Gasteiger partial charge on any atom is 0.237 e. The van der Waals surface area contributed by atoms with Gasteiger partial charge in [-0.15, -0.1) is 11.3 Å². The number of nitrogens with one attached hydrogen (secondary N) is 1. The Labute approximate surface area is 96.0 Å². The van der Waals surface area contributed by atoms with Crippen LogP contribution in [0.3, 0.4) is 0 Å². The first-order chi connectivity index (χ1) is 7.72. The molecule has 1 amide bonds. The standard InChI is InChI=1S/C9H12N4O2S/c1-15-8-6(4-11-5-7(10)14)13-2-3-16-9(13)12-8/h2-3,11H,4-5H2,1H3,(H2,10,14). The summed E-state index contributed by atoms with van der Waals surface area (Å²) in [6.45, 7) is 0.630. The molecule has 86 valence electrons. The first-order valence-corrected chi connectivity index (χ1v) is 5.57. The van der Waals surface area contributed by atoms with Crippen molar-refractivity contribution < 1.29 is 9.53 Å². The minimum atomic E-state index is -0.384. The van der Waals surface area contributed by atoms with E-state index in [1.807, 2.05) is 16.0 Å². The lowest BCUT2D eigenvalue weighted by molar-refractivity contribution is -0.117. The van der Waals surface area contributed by atoms with E-state index in [0.29, 0.717) is 12.4 Å². The number of methoxy groups -OCH3 is 1. The quantitative estimate of drug-likeness (QED) is 0.769. The third-order valence-corrected chi connectivity index (χ3v) is 2.87. The summed E-state index contributed by atoms with van der Waals surface area (Å²) < 4.78 is 7.09. The first-order valence-electron chi connectivity index (χ1n) is 4.70. The molecule has 0 aliphatic carbocycles. The van der Waals surface area contributed by atoms with Crippen molar-refractivity contribution in [3.8, 4) is 5.88 Å². The van der Waals surface area contributed by atoms with E-state index >= 15 is 0 Å². The first kappa shape index (κ1) is 10.9. The van der Waals surface area contributed by atoms with Gasteiger partial charge in [-0.2, -0.15) is 4.98 Å². The Hall–Kier alpha value is -1.60. The maximum absolute atomic E-state index is 10.6. The number of rotatable bonds is 5. The Morgan fingerprint density at radius 3 is 3.25 bits per heavy atom. The number of imidazole rings is 1. The molecule has 0 unspecified atom stereocenters. The molecule has 2 rings (SSSR count). The highest BCUT2D eigenvalue weighted by atomic mass is 32.1. The van der Waals surface area contributed by atoms with E-state index in [2.05, 4.69) is 10.3 Å². The van der Waals surface area contributed by atoms with Crippen LogP contribution in [0.5, 0.6) is 5.88 Å². The minimum Gasteiger partial charge on any atom is -0.480 e. The summed E-state index contributed by atoms with van der Waals surface area (Å²) in [5.74, 6) is 0.189. The Morgan fingerprint density at radius 1 is 1.75 bits per heavy atom. The van der Waals surface area contributed by atoms with Gasteiger partial charge in [-0.3, -0.25) is 9.20 Å². The molecule has 0 aliphatic rings. The van der Waals surface area contributed by atoms with E-state index in [1.54, 1.807) is 7.11 Å². The molecule has 2 heterocycles. The third-order valence-electron chi connectivity index (χ3n) is 2.11. The molecule has 0 aliphatic heterocycles. The molecule has 0 atom stereocenters. The largest absolute Gasteiger partial charge is 0.480 e. The van der Waals surface area contributed by atoms with E-state index < -0.39 is 0 Å². The van der Waals surface area contributed by atoms with Gasteiger partial charge in [0.15, 0.2) is 4.96 Å². The molecular formula is C9H12N4O2S. The van der Waals surface area contributed by atoms with Crippen LogP contribution in [0.2, 0.25) is 0 Å². The van der Waals surface area contributed by atoms with Crippen molar-refractivity contribution in [1.29, 1.82) is 0 Å². The molecule has 2 aromatic rings. The van der Waals surface area contributed by atoms with Gasteiger partial charge in [-0.25, -0.2) is 0 Å². The molecule has 3 N–H and O–H groups in total. The molecule has 6 nitrogen and oxygen atoms in total. The monoisotopic (exact) mass is 240 g/mol. The molecule has 0 spiro atoms. The van der Waals surface area contributed by atoms with Crippen LogP contribution in [0.1, 0.15) is 5.69 Å². The van der Waals surface area contributed by atoms with Crippen LogP contribution in [0, 0.1) is 0 Å². The molecule has 0 radical (unpaired) electrons. The Kier molecular flexibility index (Phi) is 3.07. The highest BCUT2D eigenvalue weighted by Crippen LogP contribution is 2.22. The predicted octanol–water partition coefficient (Wildman–Crippen LogP) is -0.0207. The van der Waals surface area contributed by atoms with Gasteiger partial charge in [0.1, 0.15) is 5.69 Å². The van der Waals surface area contributed by atoms with Crippen molar-refractivity contribution in [1.82, 2.24) is 14.7 Å². The number of nitrogens with zero attached hydrogens (tertiary/aromatic N) is 2. The molecule has 0 bridgehead atoms. The second-order valence-electron chi connectivity index (χ2n) is 3.19. The van der Waals surface area contributed by atoms with Gasteiger partial charge < -0.3 is 15.8 Å². The van der Waals surface area contributed by atoms with Gasteiger partial charge in [0.05, 0.1) is 13.7 Å². The fourth-order valence-electron chi connectivity index (χ4n) is 1.44. The molecule has 2 aromatic heterocycles. The zero-order chi connectivity index (χ0) is 11.5. The number of thiazole rings is 1. The minimum absolute atomic E-state index is 0.139. The number of carbonyl (C=O) groups excluding carboxylic acids is 1. The smallest absolute Gasteiger partial charge is 0.237 e. The number of hydrogen-bond donors (Lipinski definition) is 2. The average Bonchev–Trinajstić information content (AvgIpc) is 2.79. The fourth-order valence-corrected chi connectivity index (χ4v) is 2.17. The summed E-state index contributed by atoms with van der Waals surface area (Å²) in [7, 11) is 1.57. The zero-order valence-electron chi connectivity index (χ0n) is 8.77. The van der Waals surface area contributed by atoms with Crippen LogP contribution in [0.25, 0.3) is 4.96 Å². The lowest BCUT2D eigenvalue weighted by Crippen LogP contribution is -2.28. The zero-order valence-corrected chi connectivity index (χ0v) is 9.58. The SMILES string of the molecule is COc1nc2sccn2c1CNCC(N)=O. The second-order valence-corrected chi connectivity index (χ2v) is 4.07. The van der Waals surface area contributed by atoms with Crippen LogP contribution in [0.15, 0.2) is 11.6 Å². The van der Waals surface area contributed by atoms with Crippen molar-refractivity contribution in [2.75, 3.05) is 13.7 Å². The number of primary amides is 1. The Morgan fingerprint density at radius 2 is 2.56 bits per heavy atom. The van der Waals surface area contributed by atoms with Crippen molar-refractivity contribution in [3.05, 3.63) is 17.3 Å². The van der Waals surface area contributed by atoms with E-state index in [-0.39, 0.29) is 12.5 Å². The van der Waals surface area contributed by atoms with Crippen molar-refractivity contribution in [3.63, 3.8) is 0 Å². The molecule has 0 aromatic carbocycles. The normalized spacial score (nSPS) is 10.8. The lowest BCUT2D eigenvalue weighted by Gasteiger charge is -2.03. The average molecular weight is 240 g/mol. The number of ether oxygens (including phenoxy) is 1. The van der Waals surface area contributed by atoms with Gasteiger partial charge in [0, 0.05) is 18.1 Å².